The number of halogens is 2. The SMILES string of the molecule is NC(=O)C1CCC(n2c(Nc3ccc(F)cc3F)nc3cnc(NC4CCCCC4)nc32)CC1. The third kappa shape index (κ3) is 4.67. The van der Waals surface area contributed by atoms with Crippen LogP contribution in [-0.2, 0) is 4.79 Å². The summed E-state index contributed by atoms with van der Waals surface area (Å²) in [6.45, 7) is 0. The number of nitrogens with two attached hydrogens (primary N) is 1. The van der Waals surface area contributed by atoms with Gasteiger partial charge in [-0.3, -0.25) is 9.36 Å². The summed E-state index contributed by atoms with van der Waals surface area (Å²) < 4.78 is 29.8. The van der Waals surface area contributed by atoms with Gasteiger partial charge < -0.3 is 16.4 Å². The van der Waals surface area contributed by atoms with Crippen LogP contribution in [0.3, 0.4) is 0 Å². The van der Waals surface area contributed by atoms with Crippen LogP contribution in [-0.4, -0.2) is 31.5 Å². The van der Waals surface area contributed by atoms with Crippen molar-refractivity contribution in [2.24, 2.45) is 11.7 Å². The lowest BCUT2D eigenvalue weighted by Gasteiger charge is -2.29. The normalized spacial score (nSPS) is 21.5. The smallest absolute Gasteiger partial charge is 0.224 e. The number of fused-ring (bicyclic) bond motifs is 1. The molecule has 3 aromatic rings. The number of anilines is 3. The fourth-order valence-corrected chi connectivity index (χ4v) is 5.15. The van der Waals surface area contributed by atoms with E-state index in [-0.39, 0.29) is 23.6 Å². The molecule has 180 valence electrons. The van der Waals surface area contributed by atoms with Crippen LogP contribution in [0, 0.1) is 17.6 Å². The number of benzene rings is 1. The van der Waals surface area contributed by atoms with Crippen molar-refractivity contribution in [2.75, 3.05) is 10.6 Å². The topological polar surface area (TPSA) is 111 Å². The van der Waals surface area contributed by atoms with E-state index in [2.05, 4.69) is 20.6 Å². The van der Waals surface area contributed by atoms with Gasteiger partial charge in [0.05, 0.1) is 11.9 Å². The molecule has 10 heteroatoms. The molecule has 2 aliphatic rings. The Labute approximate surface area is 196 Å². The standard InChI is InChI=1S/C24H29F2N7O/c25-15-8-11-19(18(26)12-15)30-24-31-20-13-28-23(29-16-4-2-1-3-5-16)32-22(20)33(24)17-9-6-14(7-10-17)21(27)34/h8,11-14,16-17H,1-7,9-10H2,(H2,27,34)(H,30,31)(H,28,29,32). The number of nitrogens with one attached hydrogen (secondary N) is 2. The molecule has 0 radical (unpaired) electrons. The number of hydrogen-bond acceptors (Lipinski definition) is 6. The fraction of sp³-hybridized carbons (Fsp3) is 0.500. The van der Waals surface area contributed by atoms with Crippen molar-refractivity contribution in [3.63, 3.8) is 0 Å². The molecule has 1 amide bonds. The van der Waals surface area contributed by atoms with E-state index in [1.54, 1.807) is 6.20 Å². The lowest BCUT2D eigenvalue weighted by atomic mass is 9.85. The van der Waals surface area contributed by atoms with Crippen molar-refractivity contribution in [1.82, 2.24) is 19.5 Å². The molecule has 5 rings (SSSR count). The first kappa shape index (κ1) is 22.5. The molecule has 0 spiro atoms. The van der Waals surface area contributed by atoms with Crippen LogP contribution >= 0.6 is 0 Å². The molecule has 34 heavy (non-hydrogen) atoms. The Morgan fingerprint density at radius 3 is 2.50 bits per heavy atom. The van der Waals surface area contributed by atoms with Gasteiger partial charge in [0.1, 0.15) is 17.2 Å². The summed E-state index contributed by atoms with van der Waals surface area (Å²) in [7, 11) is 0. The molecule has 4 N–H and O–H groups in total. The number of aromatic nitrogens is 4. The summed E-state index contributed by atoms with van der Waals surface area (Å²) in [6, 6.07) is 3.73. The fourth-order valence-electron chi connectivity index (χ4n) is 5.15. The number of nitrogens with zero attached hydrogens (tertiary/aromatic N) is 4. The molecule has 8 nitrogen and oxygen atoms in total. The van der Waals surface area contributed by atoms with Crippen molar-refractivity contribution < 1.29 is 13.6 Å². The van der Waals surface area contributed by atoms with Gasteiger partial charge in [0, 0.05) is 24.1 Å². The first-order chi connectivity index (χ1) is 16.5. The number of rotatable bonds is 6. The van der Waals surface area contributed by atoms with Gasteiger partial charge in [0.15, 0.2) is 5.65 Å². The Morgan fingerprint density at radius 2 is 1.79 bits per heavy atom. The van der Waals surface area contributed by atoms with Gasteiger partial charge >= 0.3 is 0 Å². The van der Waals surface area contributed by atoms with Gasteiger partial charge in [0.25, 0.3) is 0 Å². The summed E-state index contributed by atoms with van der Waals surface area (Å²) in [5, 5.41) is 6.47. The van der Waals surface area contributed by atoms with Gasteiger partial charge in [-0.2, -0.15) is 4.98 Å². The molecular weight excluding hydrogens is 440 g/mol. The average Bonchev–Trinajstić information content (AvgIpc) is 3.19. The van der Waals surface area contributed by atoms with Crippen molar-refractivity contribution in [1.29, 1.82) is 0 Å². The first-order valence-electron chi connectivity index (χ1n) is 12.0. The molecule has 2 aliphatic carbocycles. The molecule has 1 aromatic carbocycles. The summed E-state index contributed by atoms with van der Waals surface area (Å²) in [5.74, 6) is -0.817. The summed E-state index contributed by atoms with van der Waals surface area (Å²) in [6.07, 6.45) is 10.3. The predicted molar refractivity (Wildman–Crippen MR) is 126 cm³/mol. The molecule has 2 aromatic heterocycles. The Bertz CT molecular complexity index is 1180. The molecule has 2 saturated carbocycles. The molecule has 0 bridgehead atoms. The van der Waals surface area contributed by atoms with Crippen LogP contribution < -0.4 is 16.4 Å². The maximum atomic E-state index is 14.4. The zero-order valence-electron chi connectivity index (χ0n) is 18.9. The Balaban J connectivity index is 1.50. The average molecular weight is 470 g/mol. The van der Waals surface area contributed by atoms with Crippen LogP contribution in [0.25, 0.3) is 11.2 Å². The second-order valence-corrected chi connectivity index (χ2v) is 9.34. The minimum absolute atomic E-state index is 0.00374. The third-order valence-corrected chi connectivity index (χ3v) is 7.01. The summed E-state index contributed by atoms with van der Waals surface area (Å²) in [5.41, 5.74) is 6.86. The minimum atomic E-state index is -0.707. The highest BCUT2D eigenvalue weighted by molar-refractivity contribution is 5.78. The predicted octanol–water partition coefficient (Wildman–Crippen LogP) is 4.81. The van der Waals surface area contributed by atoms with E-state index in [9.17, 15) is 13.6 Å². The number of primary amides is 1. The lowest BCUT2D eigenvalue weighted by molar-refractivity contribution is -0.122. The van der Waals surface area contributed by atoms with Crippen LogP contribution in [0.2, 0.25) is 0 Å². The van der Waals surface area contributed by atoms with E-state index in [0.29, 0.717) is 41.9 Å². The van der Waals surface area contributed by atoms with E-state index in [0.717, 1.165) is 31.7 Å². The zero-order valence-corrected chi connectivity index (χ0v) is 18.9. The van der Waals surface area contributed by atoms with Crippen molar-refractivity contribution >= 4 is 34.7 Å². The second kappa shape index (κ2) is 9.52. The number of carbonyl (C=O) groups is 1. The van der Waals surface area contributed by atoms with Crippen molar-refractivity contribution in [2.45, 2.75) is 69.9 Å². The third-order valence-electron chi connectivity index (χ3n) is 7.01. The van der Waals surface area contributed by atoms with Gasteiger partial charge in [-0.05, 0) is 50.7 Å². The number of carbonyl (C=O) groups excluding carboxylic acids is 1. The molecule has 0 atom stereocenters. The van der Waals surface area contributed by atoms with Crippen molar-refractivity contribution in [3.8, 4) is 0 Å². The van der Waals surface area contributed by atoms with E-state index in [1.165, 1.54) is 31.4 Å². The highest BCUT2D eigenvalue weighted by Gasteiger charge is 2.29. The van der Waals surface area contributed by atoms with Crippen LogP contribution in [0.5, 0.6) is 0 Å². The number of hydrogen-bond donors (Lipinski definition) is 3. The van der Waals surface area contributed by atoms with Crippen LogP contribution in [0.15, 0.2) is 24.4 Å². The summed E-state index contributed by atoms with van der Waals surface area (Å²) >= 11 is 0. The lowest BCUT2D eigenvalue weighted by Crippen LogP contribution is -2.29. The Morgan fingerprint density at radius 1 is 1.03 bits per heavy atom. The molecule has 2 heterocycles. The molecule has 0 unspecified atom stereocenters. The highest BCUT2D eigenvalue weighted by Crippen LogP contribution is 2.37. The largest absolute Gasteiger partial charge is 0.369 e. The highest BCUT2D eigenvalue weighted by atomic mass is 19.1. The molecule has 0 saturated heterocycles. The minimum Gasteiger partial charge on any atom is -0.369 e. The first-order valence-corrected chi connectivity index (χ1v) is 12.0. The van der Waals surface area contributed by atoms with Gasteiger partial charge in [-0.25, -0.2) is 18.7 Å². The van der Waals surface area contributed by atoms with E-state index in [1.807, 2.05) is 4.57 Å². The van der Waals surface area contributed by atoms with E-state index < -0.39 is 11.6 Å². The Hall–Kier alpha value is -3.30. The van der Waals surface area contributed by atoms with Gasteiger partial charge in [0.2, 0.25) is 17.8 Å². The van der Waals surface area contributed by atoms with Crippen LogP contribution in [0.4, 0.5) is 26.4 Å². The zero-order chi connectivity index (χ0) is 23.7. The summed E-state index contributed by atoms with van der Waals surface area (Å²) in [4.78, 5) is 25.5. The molecular formula is C24H29F2N7O. The van der Waals surface area contributed by atoms with Gasteiger partial charge in [-0.1, -0.05) is 19.3 Å². The number of amides is 1. The Kier molecular flexibility index (Phi) is 6.30. The monoisotopic (exact) mass is 469 g/mol. The number of imidazole rings is 1. The van der Waals surface area contributed by atoms with E-state index in [4.69, 9.17) is 10.7 Å². The second-order valence-electron chi connectivity index (χ2n) is 9.34. The quantitative estimate of drug-likeness (QED) is 0.478. The van der Waals surface area contributed by atoms with Gasteiger partial charge in [-0.15, -0.1) is 0 Å². The maximum absolute atomic E-state index is 14.4. The van der Waals surface area contributed by atoms with Crippen LogP contribution in [0.1, 0.15) is 63.8 Å². The van der Waals surface area contributed by atoms with Crippen molar-refractivity contribution in [3.05, 3.63) is 36.0 Å². The molecule has 0 aliphatic heterocycles. The molecule has 2 fully saturated rings. The van der Waals surface area contributed by atoms with E-state index >= 15 is 0 Å². The maximum Gasteiger partial charge on any atom is 0.224 e.